The molecule has 1 aromatic carbocycles. The zero-order valence-electron chi connectivity index (χ0n) is 14.5. The highest BCUT2D eigenvalue weighted by atomic mass is 16.5. The fourth-order valence-electron chi connectivity index (χ4n) is 1.74. The Morgan fingerprint density at radius 2 is 1.41 bits per heavy atom. The van der Waals surface area contributed by atoms with Gasteiger partial charge < -0.3 is 14.2 Å². The van der Waals surface area contributed by atoms with E-state index < -0.39 is 17.2 Å². The minimum absolute atomic E-state index is 0.123. The number of rotatable bonds is 4. The maximum atomic E-state index is 12.0. The van der Waals surface area contributed by atoms with Gasteiger partial charge in [0.2, 0.25) is 0 Å². The van der Waals surface area contributed by atoms with Crippen LogP contribution in [-0.2, 0) is 4.74 Å². The van der Waals surface area contributed by atoms with Crippen molar-refractivity contribution in [2.24, 2.45) is 0 Å². The second-order valence-corrected chi connectivity index (χ2v) is 7.00. The molecular formula is C17H26NO4. The predicted octanol–water partition coefficient (Wildman–Crippen LogP) is 4.13. The summed E-state index contributed by atoms with van der Waals surface area (Å²) >= 11 is 0. The van der Waals surface area contributed by atoms with Gasteiger partial charge in [0.1, 0.15) is 28.4 Å². The average molecular weight is 308 g/mol. The van der Waals surface area contributed by atoms with Crippen LogP contribution in [0.25, 0.3) is 0 Å². The molecule has 0 heterocycles. The molecule has 0 amide bonds. The number of carbonyl (C=O) groups is 1. The largest absolute Gasteiger partial charge is 0.486 e. The van der Waals surface area contributed by atoms with Gasteiger partial charge >= 0.3 is 5.97 Å². The second kappa shape index (κ2) is 6.46. The standard InChI is InChI=1S/C17H26NO4/c1-8-20-15(19)11-9-12(21-16(2,3)4)14(18)13(10-11)22-17(5,6)7/h9-10,18H,8H2,1-7H3. The predicted molar refractivity (Wildman–Crippen MR) is 85.9 cm³/mol. The molecule has 1 radical (unpaired) electrons. The van der Waals surface area contributed by atoms with E-state index in [1.807, 2.05) is 41.5 Å². The van der Waals surface area contributed by atoms with Gasteiger partial charge in [0.25, 0.3) is 0 Å². The average Bonchev–Trinajstić information content (AvgIpc) is 2.30. The van der Waals surface area contributed by atoms with Crippen LogP contribution in [0, 0.1) is 0 Å². The molecule has 1 N–H and O–H groups in total. The number of ether oxygens (including phenoxy) is 3. The van der Waals surface area contributed by atoms with Crippen LogP contribution in [0.2, 0.25) is 0 Å². The highest BCUT2D eigenvalue weighted by Crippen LogP contribution is 2.38. The first kappa shape index (κ1) is 18.1. The topological polar surface area (TPSA) is 68.6 Å². The molecule has 0 aromatic heterocycles. The minimum Gasteiger partial charge on any atom is -0.486 e. The summed E-state index contributed by atoms with van der Waals surface area (Å²) < 4.78 is 16.6. The monoisotopic (exact) mass is 308 g/mol. The Labute approximate surface area is 132 Å². The summed E-state index contributed by atoms with van der Waals surface area (Å²) in [6.07, 6.45) is 0. The molecule has 0 atom stereocenters. The summed E-state index contributed by atoms with van der Waals surface area (Å²) in [6.45, 7) is 13.3. The lowest BCUT2D eigenvalue weighted by molar-refractivity contribution is 0.0522. The Morgan fingerprint density at radius 3 is 1.73 bits per heavy atom. The molecule has 0 aliphatic carbocycles. The van der Waals surface area contributed by atoms with Crippen LogP contribution in [0.4, 0.5) is 5.69 Å². The lowest BCUT2D eigenvalue weighted by Gasteiger charge is -2.26. The molecule has 0 saturated carbocycles. The zero-order valence-corrected chi connectivity index (χ0v) is 14.5. The summed E-state index contributed by atoms with van der Waals surface area (Å²) in [5, 5.41) is 0. The van der Waals surface area contributed by atoms with Crippen LogP contribution in [0.15, 0.2) is 12.1 Å². The summed E-state index contributed by atoms with van der Waals surface area (Å²) in [5.74, 6) is 0.148. The van der Waals surface area contributed by atoms with Crippen molar-refractivity contribution in [1.29, 1.82) is 0 Å². The van der Waals surface area contributed by atoms with Crippen molar-refractivity contribution in [3.63, 3.8) is 0 Å². The van der Waals surface area contributed by atoms with Gasteiger partial charge in [0, 0.05) is 0 Å². The molecule has 5 nitrogen and oxygen atoms in total. The molecule has 22 heavy (non-hydrogen) atoms. The van der Waals surface area contributed by atoms with Crippen LogP contribution < -0.4 is 15.2 Å². The number of carbonyl (C=O) groups excluding carboxylic acids is 1. The lowest BCUT2D eigenvalue weighted by Crippen LogP contribution is -2.25. The molecule has 0 aliphatic heterocycles. The van der Waals surface area contributed by atoms with Crippen molar-refractivity contribution in [2.75, 3.05) is 6.61 Å². The third kappa shape index (κ3) is 5.47. The number of hydrogen-bond donors (Lipinski definition) is 0. The van der Waals surface area contributed by atoms with E-state index in [2.05, 4.69) is 0 Å². The number of benzene rings is 1. The molecular weight excluding hydrogens is 282 g/mol. The van der Waals surface area contributed by atoms with Crippen LogP contribution in [0.1, 0.15) is 58.8 Å². The van der Waals surface area contributed by atoms with Crippen molar-refractivity contribution >= 4 is 11.7 Å². The molecule has 0 aliphatic rings. The van der Waals surface area contributed by atoms with E-state index in [4.69, 9.17) is 19.9 Å². The highest BCUT2D eigenvalue weighted by Gasteiger charge is 2.23. The van der Waals surface area contributed by atoms with Crippen molar-refractivity contribution in [3.8, 4) is 11.5 Å². The van der Waals surface area contributed by atoms with Crippen LogP contribution in [-0.4, -0.2) is 23.8 Å². The third-order valence-electron chi connectivity index (χ3n) is 2.41. The lowest BCUT2D eigenvalue weighted by atomic mass is 10.1. The van der Waals surface area contributed by atoms with E-state index in [-0.39, 0.29) is 12.3 Å². The Kier molecular flexibility index (Phi) is 5.33. The molecule has 0 bridgehead atoms. The van der Waals surface area contributed by atoms with Crippen molar-refractivity contribution in [2.45, 2.75) is 59.7 Å². The van der Waals surface area contributed by atoms with E-state index >= 15 is 0 Å². The van der Waals surface area contributed by atoms with Gasteiger partial charge in [-0.3, -0.25) is 5.73 Å². The van der Waals surface area contributed by atoms with Crippen LogP contribution in [0.3, 0.4) is 0 Å². The fourth-order valence-corrected chi connectivity index (χ4v) is 1.74. The Bertz CT molecular complexity index is 502. The van der Waals surface area contributed by atoms with E-state index in [1.165, 1.54) is 12.1 Å². The molecule has 1 rings (SSSR count). The Balaban J connectivity index is 3.33. The molecule has 0 unspecified atom stereocenters. The van der Waals surface area contributed by atoms with E-state index in [1.54, 1.807) is 6.92 Å². The minimum atomic E-state index is -0.484. The van der Waals surface area contributed by atoms with E-state index in [0.29, 0.717) is 17.1 Å². The van der Waals surface area contributed by atoms with Gasteiger partial charge in [-0.15, -0.1) is 0 Å². The maximum absolute atomic E-state index is 12.0. The number of nitrogens with one attached hydrogen (secondary N) is 1. The van der Waals surface area contributed by atoms with Gasteiger partial charge in [-0.05, 0) is 60.6 Å². The van der Waals surface area contributed by atoms with Crippen molar-refractivity contribution < 1.29 is 19.0 Å². The zero-order chi connectivity index (χ0) is 17.1. The Morgan fingerprint density at radius 1 is 1.00 bits per heavy atom. The normalized spacial score (nSPS) is 12.0. The summed E-state index contributed by atoms with van der Waals surface area (Å²) in [4.78, 5) is 12.0. The van der Waals surface area contributed by atoms with Crippen molar-refractivity contribution in [1.82, 2.24) is 5.73 Å². The molecule has 0 spiro atoms. The first-order valence-corrected chi connectivity index (χ1v) is 7.38. The smallest absolute Gasteiger partial charge is 0.338 e. The van der Waals surface area contributed by atoms with Gasteiger partial charge in [0.05, 0.1) is 12.2 Å². The Hall–Kier alpha value is -1.91. The molecule has 0 saturated heterocycles. The van der Waals surface area contributed by atoms with E-state index in [0.717, 1.165) is 0 Å². The number of hydrogen-bond acceptors (Lipinski definition) is 4. The molecule has 123 valence electrons. The van der Waals surface area contributed by atoms with Gasteiger partial charge in [-0.25, -0.2) is 4.79 Å². The highest BCUT2D eigenvalue weighted by molar-refractivity contribution is 5.91. The molecule has 5 heteroatoms. The fraction of sp³-hybridized carbons (Fsp3) is 0.588. The first-order chi connectivity index (χ1) is 9.93. The SMILES string of the molecule is CCOC(=O)c1cc(OC(C)(C)C)c([NH])c(OC(C)(C)C)c1. The molecule has 1 aromatic rings. The number of esters is 1. The van der Waals surface area contributed by atoms with E-state index in [9.17, 15) is 4.79 Å². The van der Waals surface area contributed by atoms with Gasteiger partial charge in [0.15, 0.2) is 0 Å². The molecule has 0 fully saturated rings. The van der Waals surface area contributed by atoms with Gasteiger partial charge in [-0.1, -0.05) is 0 Å². The van der Waals surface area contributed by atoms with Crippen LogP contribution >= 0.6 is 0 Å². The summed E-state index contributed by atoms with van der Waals surface area (Å²) in [6, 6.07) is 3.06. The van der Waals surface area contributed by atoms with Crippen molar-refractivity contribution in [3.05, 3.63) is 17.7 Å². The second-order valence-electron chi connectivity index (χ2n) is 7.00. The third-order valence-corrected chi connectivity index (χ3v) is 2.41. The van der Waals surface area contributed by atoms with Crippen LogP contribution in [0.5, 0.6) is 11.5 Å². The maximum Gasteiger partial charge on any atom is 0.338 e. The van der Waals surface area contributed by atoms with Gasteiger partial charge in [-0.2, -0.15) is 0 Å². The quantitative estimate of drug-likeness (QED) is 0.784. The summed E-state index contributed by atoms with van der Waals surface area (Å²) in [7, 11) is 0. The summed E-state index contributed by atoms with van der Waals surface area (Å²) in [5.41, 5.74) is 7.72. The first-order valence-electron chi connectivity index (χ1n) is 7.38.